The molecule has 158 valence electrons. The van der Waals surface area contributed by atoms with Crippen LogP contribution in [-0.4, -0.2) is 46.2 Å². The molecule has 1 aliphatic heterocycles. The van der Waals surface area contributed by atoms with Crippen LogP contribution in [0.2, 0.25) is 0 Å². The first-order chi connectivity index (χ1) is 14.1. The summed E-state index contributed by atoms with van der Waals surface area (Å²) in [5, 5.41) is 6.43. The lowest BCUT2D eigenvalue weighted by molar-refractivity contribution is -0.125. The highest BCUT2D eigenvalue weighted by atomic mass is 32.1. The van der Waals surface area contributed by atoms with Gasteiger partial charge in [-0.3, -0.25) is 9.69 Å². The molecule has 4 fully saturated rings. The Labute approximate surface area is 177 Å². The maximum Gasteiger partial charge on any atom is 0.271 e. The molecule has 1 amide bonds. The third-order valence-electron chi connectivity index (χ3n) is 8.21. The fourth-order valence-electron chi connectivity index (χ4n) is 5.91. The van der Waals surface area contributed by atoms with E-state index in [4.69, 9.17) is 4.98 Å². The van der Waals surface area contributed by atoms with Gasteiger partial charge in [-0.15, -0.1) is 11.3 Å². The number of carbonyl (C=O) groups is 2. The largest absolute Gasteiger partial charge is 0.345 e. The predicted molar refractivity (Wildman–Crippen MR) is 114 cm³/mol. The number of likely N-dealkylation sites (tertiary alicyclic amines) is 1. The van der Waals surface area contributed by atoms with E-state index in [1.807, 2.05) is 5.38 Å². The number of amides is 1. The number of hydrogen-bond donors (Lipinski definition) is 1. The zero-order chi connectivity index (χ0) is 19.9. The van der Waals surface area contributed by atoms with Crippen LogP contribution in [0.15, 0.2) is 5.38 Å². The SMILES string of the molecule is O=CC1(N2CCC(c3nc(C(=O)NC4(C5CCCCC5)CC4)cs3)CC2)CCC1. The lowest BCUT2D eigenvalue weighted by atomic mass is 9.75. The number of thiazole rings is 1. The molecule has 3 aliphatic carbocycles. The van der Waals surface area contributed by atoms with Gasteiger partial charge in [0.1, 0.15) is 12.0 Å². The predicted octanol–water partition coefficient (Wildman–Crippen LogP) is 4.29. The highest BCUT2D eigenvalue weighted by Gasteiger charge is 2.50. The minimum atomic E-state index is -0.170. The fraction of sp³-hybridized carbons (Fsp3) is 0.783. The summed E-state index contributed by atoms with van der Waals surface area (Å²) in [6.07, 6.45) is 15.3. The van der Waals surface area contributed by atoms with E-state index in [0.29, 0.717) is 17.5 Å². The maximum atomic E-state index is 12.9. The number of piperidine rings is 1. The average molecular weight is 416 g/mol. The maximum absolute atomic E-state index is 12.9. The molecule has 1 aromatic heterocycles. The van der Waals surface area contributed by atoms with Gasteiger partial charge in [0.15, 0.2) is 0 Å². The van der Waals surface area contributed by atoms with Gasteiger partial charge in [-0.2, -0.15) is 0 Å². The summed E-state index contributed by atoms with van der Waals surface area (Å²) in [6, 6.07) is 0. The quantitative estimate of drug-likeness (QED) is 0.704. The van der Waals surface area contributed by atoms with Crippen LogP contribution in [0.1, 0.15) is 98.5 Å². The van der Waals surface area contributed by atoms with Crippen LogP contribution < -0.4 is 5.32 Å². The van der Waals surface area contributed by atoms with Gasteiger partial charge in [0, 0.05) is 16.8 Å². The average Bonchev–Trinajstić information content (AvgIpc) is 3.34. The molecular weight excluding hydrogens is 382 g/mol. The highest BCUT2D eigenvalue weighted by Crippen LogP contribution is 2.48. The summed E-state index contributed by atoms with van der Waals surface area (Å²) in [4.78, 5) is 31.6. The molecule has 0 bridgehead atoms. The third-order valence-corrected chi connectivity index (χ3v) is 9.21. The Balaban J connectivity index is 1.18. The van der Waals surface area contributed by atoms with Gasteiger partial charge in [0.25, 0.3) is 5.91 Å². The second-order valence-electron chi connectivity index (χ2n) is 9.85. The molecule has 1 N–H and O–H groups in total. The van der Waals surface area contributed by atoms with E-state index in [1.165, 1.54) is 44.8 Å². The number of hydrogen-bond acceptors (Lipinski definition) is 5. The van der Waals surface area contributed by atoms with E-state index < -0.39 is 0 Å². The van der Waals surface area contributed by atoms with Crippen molar-refractivity contribution >= 4 is 23.5 Å². The van der Waals surface area contributed by atoms with Crippen LogP contribution in [-0.2, 0) is 4.79 Å². The van der Waals surface area contributed by atoms with Crippen LogP contribution in [0.25, 0.3) is 0 Å². The van der Waals surface area contributed by atoms with E-state index in [1.54, 1.807) is 11.3 Å². The molecule has 1 saturated heterocycles. The third kappa shape index (κ3) is 3.67. The molecule has 2 heterocycles. The van der Waals surface area contributed by atoms with Gasteiger partial charge < -0.3 is 10.1 Å². The summed E-state index contributed by atoms with van der Waals surface area (Å²) in [7, 11) is 0. The van der Waals surface area contributed by atoms with Gasteiger partial charge in [-0.25, -0.2) is 4.98 Å². The van der Waals surface area contributed by atoms with Crippen molar-refractivity contribution in [3.8, 4) is 0 Å². The number of aromatic nitrogens is 1. The summed E-state index contributed by atoms with van der Waals surface area (Å²) in [6.45, 7) is 1.94. The highest BCUT2D eigenvalue weighted by molar-refractivity contribution is 7.09. The number of rotatable bonds is 6. The Morgan fingerprint density at radius 3 is 2.38 bits per heavy atom. The van der Waals surface area contributed by atoms with Crippen molar-refractivity contribution in [3.05, 3.63) is 16.1 Å². The first-order valence-electron chi connectivity index (χ1n) is 11.6. The molecule has 5 rings (SSSR count). The Kier molecular flexibility index (Phi) is 5.27. The Morgan fingerprint density at radius 2 is 1.79 bits per heavy atom. The van der Waals surface area contributed by atoms with Gasteiger partial charge in [0.2, 0.25) is 0 Å². The Hall–Kier alpha value is -1.27. The summed E-state index contributed by atoms with van der Waals surface area (Å²) in [5.41, 5.74) is 0.507. The summed E-state index contributed by atoms with van der Waals surface area (Å²) >= 11 is 1.64. The minimum Gasteiger partial charge on any atom is -0.345 e. The first kappa shape index (κ1) is 19.7. The van der Waals surface area contributed by atoms with Crippen LogP contribution in [0.5, 0.6) is 0 Å². The second-order valence-corrected chi connectivity index (χ2v) is 10.7. The van der Waals surface area contributed by atoms with Crippen LogP contribution in [0, 0.1) is 5.92 Å². The zero-order valence-corrected chi connectivity index (χ0v) is 18.1. The van der Waals surface area contributed by atoms with Crippen molar-refractivity contribution in [1.29, 1.82) is 0 Å². The molecule has 29 heavy (non-hydrogen) atoms. The van der Waals surface area contributed by atoms with E-state index in [0.717, 1.165) is 56.6 Å². The lowest BCUT2D eigenvalue weighted by Gasteiger charge is -2.48. The van der Waals surface area contributed by atoms with Crippen molar-refractivity contribution in [2.75, 3.05) is 13.1 Å². The van der Waals surface area contributed by atoms with E-state index in [2.05, 4.69) is 10.2 Å². The molecule has 4 aliphatic rings. The molecule has 0 atom stereocenters. The van der Waals surface area contributed by atoms with Gasteiger partial charge >= 0.3 is 0 Å². The molecule has 6 heteroatoms. The molecule has 0 aromatic carbocycles. The van der Waals surface area contributed by atoms with E-state index in [9.17, 15) is 9.59 Å². The van der Waals surface area contributed by atoms with Gasteiger partial charge in [0.05, 0.1) is 10.5 Å². The number of nitrogens with zero attached hydrogens (tertiary/aromatic N) is 2. The van der Waals surface area contributed by atoms with Crippen molar-refractivity contribution < 1.29 is 9.59 Å². The van der Waals surface area contributed by atoms with E-state index in [-0.39, 0.29) is 17.0 Å². The Morgan fingerprint density at radius 1 is 1.07 bits per heavy atom. The first-order valence-corrected chi connectivity index (χ1v) is 12.5. The minimum absolute atomic E-state index is 0.0300. The zero-order valence-electron chi connectivity index (χ0n) is 17.3. The van der Waals surface area contributed by atoms with Crippen molar-refractivity contribution in [2.45, 2.75) is 94.0 Å². The number of aldehydes is 1. The number of nitrogens with one attached hydrogen (secondary N) is 1. The monoisotopic (exact) mass is 415 g/mol. The van der Waals surface area contributed by atoms with Crippen molar-refractivity contribution in [2.24, 2.45) is 5.92 Å². The Bertz CT molecular complexity index is 754. The van der Waals surface area contributed by atoms with Crippen molar-refractivity contribution in [3.63, 3.8) is 0 Å². The smallest absolute Gasteiger partial charge is 0.271 e. The molecule has 3 saturated carbocycles. The second kappa shape index (κ2) is 7.77. The normalized spacial score (nSPS) is 27.2. The molecule has 5 nitrogen and oxygen atoms in total. The number of carbonyl (C=O) groups excluding carboxylic acids is 2. The van der Waals surface area contributed by atoms with Gasteiger partial charge in [-0.05, 0) is 76.8 Å². The summed E-state index contributed by atoms with van der Waals surface area (Å²) in [5.74, 6) is 1.12. The molecule has 1 aromatic rings. The lowest BCUT2D eigenvalue weighted by Crippen LogP contribution is -2.57. The van der Waals surface area contributed by atoms with Crippen molar-refractivity contribution in [1.82, 2.24) is 15.2 Å². The molecular formula is C23H33N3O2S. The molecule has 0 radical (unpaired) electrons. The van der Waals surface area contributed by atoms with Gasteiger partial charge in [-0.1, -0.05) is 19.3 Å². The standard InChI is InChI=1S/C23H33N3O2S/c27-16-22(9-4-10-22)26-13-7-17(8-14-26)21-24-19(15-29-21)20(28)25-23(11-12-23)18-5-2-1-3-6-18/h15-18H,1-14H2,(H,25,28). The van der Waals surface area contributed by atoms with Crippen LogP contribution in [0.3, 0.4) is 0 Å². The molecule has 0 spiro atoms. The van der Waals surface area contributed by atoms with E-state index >= 15 is 0 Å². The topological polar surface area (TPSA) is 62.3 Å². The van der Waals surface area contributed by atoms with Crippen LogP contribution in [0.4, 0.5) is 0 Å². The molecule has 0 unspecified atom stereocenters. The summed E-state index contributed by atoms with van der Waals surface area (Å²) < 4.78 is 0. The van der Waals surface area contributed by atoms with Crippen LogP contribution >= 0.6 is 11.3 Å². The fourth-order valence-corrected chi connectivity index (χ4v) is 6.89.